The van der Waals surface area contributed by atoms with Crippen molar-refractivity contribution in [3.63, 3.8) is 0 Å². The van der Waals surface area contributed by atoms with Crippen LogP contribution in [0, 0.1) is 13.8 Å². The average molecular weight is 291 g/mol. The molecule has 0 amide bonds. The van der Waals surface area contributed by atoms with Crippen LogP contribution >= 0.6 is 15.9 Å². The summed E-state index contributed by atoms with van der Waals surface area (Å²) in [6.45, 7) is 4.88. The fourth-order valence-corrected chi connectivity index (χ4v) is 1.95. The zero-order valence-electron chi connectivity index (χ0n) is 10.00. The molecule has 88 valence electrons. The molecule has 17 heavy (non-hydrogen) atoms. The summed E-state index contributed by atoms with van der Waals surface area (Å²) < 4.78 is 1.12. The fraction of sp³-hybridized carbons (Fsp3) is 0.214. The van der Waals surface area contributed by atoms with Crippen molar-refractivity contribution < 1.29 is 0 Å². The Kier molecular flexibility index (Phi) is 3.79. The van der Waals surface area contributed by atoms with Crippen LogP contribution in [0.5, 0.6) is 0 Å². The van der Waals surface area contributed by atoms with Gasteiger partial charge in [0.2, 0.25) is 0 Å². The Bertz CT molecular complexity index is 506. The molecular weight excluding hydrogens is 276 g/mol. The first-order valence-electron chi connectivity index (χ1n) is 5.57. The van der Waals surface area contributed by atoms with Gasteiger partial charge in [0.1, 0.15) is 0 Å². The Labute approximate surface area is 110 Å². The molecule has 0 aliphatic rings. The predicted octanol–water partition coefficient (Wildman–Crippen LogP) is 4.07. The molecule has 0 saturated carbocycles. The van der Waals surface area contributed by atoms with E-state index >= 15 is 0 Å². The Hall–Kier alpha value is -1.35. The van der Waals surface area contributed by atoms with Gasteiger partial charge < -0.3 is 5.32 Å². The van der Waals surface area contributed by atoms with Gasteiger partial charge in [-0.3, -0.25) is 4.98 Å². The molecule has 1 aromatic heterocycles. The van der Waals surface area contributed by atoms with Crippen LogP contribution in [0.3, 0.4) is 0 Å². The zero-order chi connectivity index (χ0) is 12.3. The zero-order valence-corrected chi connectivity index (χ0v) is 11.6. The largest absolute Gasteiger partial charge is 0.379 e. The topological polar surface area (TPSA) is 24.9 Å². The monoisotopic (exact) mass is 290 g/mol. The molecule has 2 nitrogen and oxygen atoms in total. The number of aromatic nitrogens is 1. The van der Waals surface area contributed by atoms with Gasteiger partial charge in [0.05, 0.1) is 12.2 Å². The molecule has 0 spiro atoms. The molecule has 0 aliphatic heterocycles. The summed E-state index contributed by atoms with van der Waals surface area (Å²) in [5, 5.41) is 3.40. The molecule has 0 unspecified atom stereocenters. The third-order valence-electron chi connectivity index (χ3n) is 2.70. The lowest BCUT2D eigenvalue weighted by molar-refractivity contribution is 1.03. The van der Waals surface area contributed by atoms with Crippen molar-refractivity contribution in [2.24, 2.45) is 0 Å². The molecule has 0 fully saturated rings. The summed E-state index contributed by atoms with van der Waals surface area (Å²) >= 11 is 3.53. The number of anilines is 1. The second-order valence-corrected chi connectivity index (χ2v) is 4.95. The standard InChI is InChI=1S/C14H15BrN2/c1-10-6-7-12(16-8-10)9-17-14-5-3-4-13(15)11(14)2/h3-8,17H,9H2,1-2H3. The lowest BCUT2D eigenvalue weighted by Gasteiger charge is -2.10. The molecule has 0 bridgehead atoms. The van der Waals surface area contributed by atoms with Crippen molar-refractivity contribution in [1.29, 1.82) is 0 Å². The molecule has 2 aromatic rings. The first-order valence-corrected chi connectivity index (χ1v) is 6.36. The van der Waals surface area contributed by atoms with Crippen LogP contribution in [0.25, 0.3) is 0 Å². The van der Waals surface area contributed by atoms with E-state index in [1.165, 1.54) is 11.1 Å². The number of hydrogen-bond donors (Lipinski definition) is 1. The second kappa shape index (κ2) is 5.32. The van der Waals surface area contributed by atoms with Crippen LogP contribution in [0.4, 0.5) is 5.69 Å². The number of rotatable bonds is 3. The first kappa shape index (κ1) is 12.1. The molecule has 1 N–H and O–H groups in total. The summed E-state index contributed by atoms with van der Waals surface area (Å²) in [6.07, 6.45) is 1.89. The highest BCUT2D eigenvalue weighted by Crippen LogP contribution is 2.23. The van der Waals surface area contributed by atoms with E-state index in [1.54, 1.807) is 0 Å². The van der Waals surface area contributed by atoms with Gasteiger partial charge in [-0.1, -0.05) is 28.1 Å². The summed E-state index contributed by atoms with van der Waals surface area (Å²) in [5.41, 5.74) is 4.60. The van der Waals surface area contributed by atoms with E-state index in [1.807, 2.05) is 25.3 Å². The summed E-state index contributed by atoms with van der Waals surface area (Å²) in [5.74, 6) is 0. The molecule has 1 aromatic carbocycles. The minimum absolute atomic E-state index is 0.748. The van der Waals surface area contributed by atoms with Crippen molar-refractivity contribution in [3.8, 4) is 0 Å². The maximum absolute atomic E-state index is 4.37. The van der Waals surface area contributed by atoms with Crippen LogP contribution in [0.2, 0.25) is 0 Å². The molecular formula is C14H15BrN2. The summed E-state index contributed by atoms with van der Waals surface area (Å²) in [4.78, 5) is 4.37. The average Bonchev–Trinajstić information content (AvgIpc) is 2.33. The molecule has 0 radical (unpaired) electrons. The van der Waals surface area contributed by atoms with Crippen molar-refractivity contribution >= 4 is 21.6 Å². The Balaban J connectivity index is 2.07. The van der Waals surface area contributed by atoms with E-state index in [2.05, 4.69) is 51.4 Å². The normalized spacial score (nSPS) is 10.3. The summed E-state index contributed by atoms with van der Waals surface area (Å²) in [6, 6.07) is 10.3. The lowest BCUT2D eigenvalue weighted by Crippen LogP contribution is -2.03. The highest BCUT2D eigenvalue weighted by molar-refractivity contribution is 9.10. The highest BCUT2D eigenvalue weighted by atomic mass is 79.9. The van der Waals surface area contributed by atoms with Gasteiger partial charge >= 0.3 is 0 Å². The van der Waals surface area contributed by atoms with E-state index in [4.69, 9.17) is 0 Å². The Morgan fingerprint density at radius 2 is 2.00 bits per heavy atom. The van der Waals surface area contributed by atoms with E-state index in [-0.39, 0.29) is 0 Å². The van der Waals surface area contributed by atoms with Crippen molar-refractivity contribution in [2.45, 2.75) is 20.4 Å². The number of benzene rings is 1. The number of nitrogens with one attached hydrogen (secondary N) is 1. The van der Waals surface area contributed by atoms with E-state index < -0.39 is 0 Å². The van der Waals surface area contributed by atoms with Crippen LogP contribution in [-0.4, -0.2) is 4.98 Å². The quantitative estimate of drug-likeness (QED) is 0.922. The smallest absolute Gasteiger partial charge is 0.0594 e. The van der Waals surface area contributed by atoms with Gasteiger partial charge in [-0.05, 0) is 43.2 Å². The van der Waals surface area contributed by atoms with Gasteiger partial charge in [0.15, 0.2) is 0 Å². The third-order valence-corrected chi connectivity index (χ3v) is 3.56. The second-order valence-electron chi connectivity index (χ2n) is 4.09. The van der Waals surface area contributed by atoms with E-state index in [9.17, 15) is 0 Å². The number of pyridine rings is 1. The van der Waals surface area contributed by atoms with Crippen LogP contribution in [0.15, 0.2) is 41.0 Å². The molecule has 0 atom stereocenters. The molecule has 3 heteroatoms. The Morgan fingerprint density at radius 3 is 2.71 bits per heavy atom. The van der Waals surface area contributed by atoms with Crippen molar-refractivity contribution in [3.05, 3.63) is 57.8 Å². The van der Waals surface area contributed by atoms with Gasteiger partial charge in [-0.15, -0.1) is 0 Å². The van der Waals surface area contributed by atoms with Crippen LogP contribution in [0.1, 0.15) is 16.8 Å². The SMILES string of the molecule is Cc1ccc(CNc2cccc(Br)c2C)nc1. The van der Waals surface area contributed by atoms with E-state index in [0.717, 1.165) is 22.4 Å². The number of halogens is 1. The Morgan fingerprint density at radius 1 is 1.18 bits per heavy atom. The highest BCUT2D eigenvalue weighted by Gasteiger charge is 2.01. The van der Waals surface area contributed by atoms with Crippen molar-refractivity contribution in [1.82, 2.24) is 4.98 Å². The first-order chi connectivity index (χ1) is 8.16. The minimum atomic E-state index is 0.748. The maximum atomic E-state index is 4.37. The molecule has 0 saturated heterocycles. The van der Waals surface area contributed by atoms with Crippen molar-refractivity contribution in [2.75, 3.05) is 5.32 Å². The molecule has 2 rings (SSSR count). The summed E-state index contributed by atoms with van der Waals surface area (Å²) in [7, 11) is 0. The van der Waals surface area contributed by atoms with Gasteiger partial charge in [0, 0.05) is 16.4 Å². The number of nitrogens with zero attached hydrogens (tertiary/aromatic N) is 1. The number of hydrogen-bond acceptors (Lipinski definition) is 2. The van der Waals surface area contributed by atoms with Crippen LogP contribution < -0.4 is 5.32 Å². The number of aryl methyl sites for hydroxylation is 1. The lowest BCUT2D eigenvalue weighted by atomic mass is 10.2. The predicted molar refractivity (Wildman–Crippen MR) is 75.2 cm³/mol. The van der Waals surface area contributed by atoms with Gasteiger partial charge in [-0.25, -0.2) is 0 Å². The van der Waals surface area contributed by atoms with Gasteiger partial charge in [0.25, 0.3) is 0 Å². The van der Waals surface area contributed by atoms with Gasteiger partial charge in [-0.2, -0.15) is 0 Å². The third kappa shape index (κ3) is 3.07. The van der Waals surface area contributed by atoms with Crippen LogP contribution in [-0.2, 0) is 6.54 Å². The molecule has 0 aliphatic carbocycles. The minimum Gasteiger partial charge on any atom is -0.379 e. The van der Waals surface area contributed by atoms with E-state index in [0.29, 0.717) is 0 Å². The fourth-order valence-electron chi connectivity index (χ4n) is 1.59. The molecule has 1 heterocycles. The maximum Gasteiger partial charge on any atom is 0.0594 e.